The minimum absolute atomic E-state index is 0.245. The van der Waals surface area contributed by atoms with Crippen LogP contribution in [0.1, 0.15) is 35.3 Å². The molecule has 0 unspecified atom stereocenters. The van der Waals surface area contributed by atoms with Gasteiger partial charge in [0.15, 0.2) is 0 Å². The molecule has 1 aromatic heterocycles. The number of carboxylic acids is 1. The number of anilines is 1. The van der Waals surface area contributed by atoms with E-state index in [9.17, 15) is 28.1 Å². The van der Waals surface area contributed by atoms with E-state index in [-0.39, 0.29) is 18.7 Å². The van der Waals surface area contributed by atoms with Gasteiger partial charge >= 0.3 is 17.8 Å². The molecular weight excluding hydrogens is 331 g/mol. The highest BCUT2D eigenvalue weighted by molar-refractivity contribution is 5.91. The lowest BCUT2D eigenvalue weighted by molar-refractivity contribution is -0.385. The third kappa shape index (κ3) is 3.31. The monoisotopic (exact) mass is 345 g/mol. The number of pyridine rings is 1. The number of carbonyl (C=O) groups is 1. The summed E-state index contributed by atoms with van der Waals surface area (Å²) in [7, 11) is 0. The Morgan fingerprint density at radius 3 is 2.75 bits per heavy atom. The molecule has 1 aliphatic rings. The molecule has 0 radical (unpaired) electrons. The molecule has 1 saturated heterocycles. The van der Waals surface area contributed by atoms with Crippen molar-refractivity contribution >= 4 is 17.5 Å². The Morgan fingerprint density at radius 1 is 1.58 bits per heavy atom. The molecular formula is C14H14F3N3O4. The zero-order valence-electron chi connectivity index (χ0n) is 12.4. The molecule has 0 amide bonds. The minimum atomic E-state index is -4.90. The summed E-state index contributed by atoms with van der Waals surface area (Å²) in [6, 6.07) is -0.0612. The van der Waals surface area contributed by atoms with Crippen molar-refractivity contribution < 1.29 is 28.0 Å². The van der Waals surface area contributed by atoms with Crippen molar-refractivity contribution in [3.05, 3.63) is 40.1 Å². The second kappa shape index (κ2) is 6.46. The fourth-order valence-corrected chi connectivity index (χ4v) is 2.77. The molecule has 0 aliphatic carbocycles. The molecule has 2 heterocycles. The van der Waals surface area contributed by atoms with Gasteiger partial charge in [0.25, 0.3) is 0 Å². The Morgan fingerprint density at radius 2 is 2.25 bits per heavy atom. The van der Waals surface area contributed by atoms with Gasteiger partial charge in [-0.2, -0.15) is 13.2 Å². The second-order valence-corrected chi connectivity index (χ2v) is 5.30. The van der Waals surface area contributed by atoms with Gasteiger partial charge in [0.2, 0.25) is 5.69 Å². The first kappa shape index (κ1) is 17.7. The second-order valence-electron chi connectivity index (χ2n) is 5.30. The van der Waals surface area contributed by atoms with E-state index in [2.05, 4.69) is 11.6 Å². The number of hydrogen-bond acceptors (Lipinski definition) is 5. The Kier molecular flexibility index (Phi) is 4.76. The summed E-state index contributed by atoms with van der Waals surface area (Å²) in [6.07, 6.45) is -1.73. The van der Waals surface area contributed by atoms with Crippen molar-refractivity contribution in [3.63, 3.8) is 0 Å². The third-order valence-electron chi connectivity index (χ3n) is 3.77. The predicted molar refractivity (Wildman–Crippen MR) is 78.0 cm³/mol. The maximum absolute atomic E-state index is 13.3. The molecule has 130 valence electrons. The van der Waals surface area contributed by atoms with Gasteiger partial charge < -0.3 is 10.0 Å². The molecule has 0 bridgehead atoms. The zero-order chi connectivity index (χ0) is 18.1. The van der Waals surface area contributed by atoms with Crippen LogP contribution in [0.25, 0.3) is 0 Å². The van der Waals surface area contributed by atoms with Gasteiger partial charge in [0.05, 0.1) is 4.92 Å². The molecule has 1 aliphatic heterocycles. The van der Waals surface area contributed by atoms with Crippen molar-refractivity contribution in [2.75, 3.05) is 11.4 Å². The van der Waals surface area contributed by atoms with Crippen LogP contribution in [-0.4, -0.2) is 33.6 Å². The molecule has 1 aromatic rings. The van der Waals surface area contributed by atoms with Crippen LogP contribution in [0, 0.1) is 10.1 Å². The molecule has 7 nitrogen and oxygen atoms in total. The fourth-order valence-electron chi connectivity index (χ4n) is 2.77. The van der Waals surface area contributed by atoms with E-state index in [0.29, 0.717) is 19.3 Å². The van der Waals surface area contributed by atoms with Crippen LogP contribution in [0.2, 0.25) is 0 Å². The van der Waals surface area contributed by atoms with Crippen LogP contribution in [0.4, 0.5) is 24.7 Å². The zero-order valence-corrected chi connectivity index (χ0v) is 12.4. The van der Waals surface area contributed by atoms with Gasteiger partial charge in [-0.1, -0.05) is 6.08 Å². The minimum Gasteiger partial charge on any atom is -0.476 e. The van der Waals surface area contributed by atoms with Crippen LogP contribution in [-0.2, 0) is 6.18 Å². The first-order chi connectivity index (χ1) is 11.2. The normalized spacial score (nSPS) is 17.8. The molecule has 2 rings (SSSR count). The summed E-state index contributed by atoms with van der Waals surface area (Å²) in [5, 5.41) is 20.0. The van der Waals surface area contributed by atoms with E-state index in [1.54, 1.807) is 6.08 Å². The molecule has 1 N–H and O–H groups in total. The number of rotatable bonds is 5. The summed E-state index contributed by atoms with van der Waals surface area (Å²) >= 11 is 0. The first-order valence-electron chi connectivity index (χ1n) is 7.04. The lowest BCUT2D eigenvalue weighted by Crippen LogP contribution is -2.32. The lowest BCUT2D eigenvalue weighted by atomic mass is 10.1. The van der Waals surface area contributed by atoms with Crippen LogP contribution in [0.15, 0.2) is 18.7 Å². The largest absolute Gasteiger partial charge is 0.476 e. The molecule has 24 heavy (non-hydrogen) atoms. The molecule has 10 heteroatoms. The first-order valence-corrected chi connectivity index (χ1v) is 7.04. The van der Waals surface area contributed by atoms with E-state index in [1.807, 2.05) is 0 Å². The van der Waals surface area contributed by atoms with E-state index < -0.39 is 39.8 Å². The highest BCUT2D eigenvalue weighted by Gasteiger charge is 2.41. The van der Waals surface area contributed by atoms with Crippen LogP contribution in [0.3, 0.4) is 0 Å². The predicted octanol–water partition coefficient (Wildman–Crippen LogP) is 3.25. The van der Waals surface area contributed by atoms with Crippen molar-refractivity contribution in [1.82, 2.24) is 4.98 Å². The van der Waals surface area contributed by atoms with Gasteiger partial charge in [-0.15, -0.1) is 6.58 Å². The fraction of sp³-hybridized carbons (Fsp3) is 0.429. The highest BCUT2D eigenvalue weighted by atomic mass is 19.4. The highest BCUT2D eigenvalue weighted by Crippen LogP contribution is 2.41. The molecule has 1 fully saturated rings. The molecule has 0 aromatic carbocycles. The topological polar surface area (TPSA) is 96.6 Å². The summed E-state index contributed by atoms with van der Waals surface area (Å²) in [4.78, 5) is 25.8. The number of halogens is 3. The summed E-state index contributed by atoms with van der Waals surface area (Å²) in [6.45, 7) is 3.81. The van der Waals surface area contributed by atoms with Crippen molar-refractivity contribution in [1.29, 1.82) is 0 Å². The Hall–Kier alpha value is -2.65. The SMILES string of the molecule is C=CC[C@@H]1CCCN1c1nc(C(=O)O)c([N+](=O)[O-])cc1C(F)(F)F. The number of carboxylic acid groups (broad SMARTS) is 1. The number of nitrogens with zero attached hydrogens (tertiary/aromatic N) is 3. The van der Waals surface area contributed by atoms with Crippen molar-refractivity contribution in [3.8, 4) is 0 Å². The molecule has 0 spiro atoms. The average Bonchev–Trinajstić information content (AvgIpc) is 2.93. The average molecular weight is 345 g/mol. The van der Waals surface area contributed by atoms with E-state index in [4.69, 9.17) is 5.11 Å². The Labute approximate surface area is 134 Å². The summed E-state index contributed by atoms with van der Waals surface area (Å²) < 4.78 is 40.0. The van der Waals surface area contributed by atoms with Crippen molar-refractivity contribution in [2.45, 2.75) is 31.5 Å². The van der Waals surface area contributed by atoms with Gasteiger partial charge in [0, 0.05) is 18.7 Å². The number of aromatic carboxylic acids is 1. The standard InChI is InChI=1S/C14H14F3N3O4/c1-2-4-8-5-3-6-19(8)12-9(14(15,16)17)7-10(20(23)24)11(18-12)13(21)22/h2,7-8H,1,3-6H2,(H,21,22)/t8-/m1/s1. The van der Waals surface area contributed by atoms with E-state index in [1.165, 1.54) is 4.90 Å². The maximum atomic E-state index is 13.3. The van der Waals surface area contributed by atoms with Gasteiger partial charge in [-0.3, -0.25) is 10.1 Å². The summed E-state index contributed by atoms with van der Waals surface area (Å²) in [5.74, 6) is -2.34. The van der Waals surface area contributed by atoms with Crippen LogP contribution < -0.4 is 4.90 Å². The number of nitro groups is 1. The quantitative estimate of drug-likeness (QED) is 0.500. The third-order valence-corrected chi connectivity index (χ3v) is 3.77. The van der Waals surface area contributed by atoms with Crippen LogP contribution >= 0.6 is 0 Å². The maximum Gasteiger partial charge on any atom is 0.420 e. The van der Waals surface area contributed by atoms with Gasteiger partial charge in [0.1, 0.15) is 11.4 Å². The van der Waals surface area contributed by atoms with Crippen LogP contribution in [0.5, 0.6) is 0 Å². The van der Waals surface area contributed by atoms with E-state index in [0.717, 1.165) is 0 Å². The summed E-state index contributed by atoms with van der Waals surface area (Å²) in [5.41, 5.74) is -3.50. The van der Waals surface area contributed by atoms with E-state index >= 15 is 0 Å². The number of hydrogen-bond donors (Lipinski definition) is 1. The van der Waals surface area contributed by atoms with Crippen molar-refractivity contribution in [2.24, 2.45) is 0 Å². The number of alkyl halides is 3. The smallest absolute Gasteiger partial charge is 0.420 e. The molecule has 0 saturated carbocycles. The van der Waals surface area contributed by atoms with Gasteiger partial charge in [-0.25, -0.2) is 9.78 Å². The lowest BCUT2D eigenvalue weighted by Gasteiger charge is -2.27. The molecule has 1 atom stereocenters. The Balaban J connectivity index is 2.68. The van der Waals surface area contributed by atoms with Gasteiger partial charge in [-0.05, 0) is 19.3 Å². The Bertz CT molecular complexity index is 691. The number of aromatic nitrogens is 1.